The molecule has 0 fully saturated rings. The number of nitrogens with one attached hydrogen (secondary N) is 1. The summed E-state index contributed by atoms with van der Waals surface area (Å²) in [6.07, 6.45) is 1.16. The molecule has 100 valence electrons. The third-order valence-corrected chi connectivity index (χ3v) is 3.51. The number of likely N-dealkylation sites (N-methyl/N-ethyl adjacent to an activating group) is 1. The Hall–Kier alpha value is -1.40. The van der Waals surface area contributed by atoms with Gasteiger partial charge < -0.3 is 10.2 Å². The molecule has 1 aromatic carbocycles. The van der Waals surface area contributed by atoms with Crippen LogP contribution < -0.4 is 5.32 Å². The normalized spacial score (nSPS) is 11.6. The van der Waals surface area contributed by atoms with Crippen molar-refractivity contribution in [1.29, 1.82) is 0 Å². The summed E-state index contributed by atoms with van der Waals surface area (Å²) in [6.45, 7) is 0.497. The van der Waals surface area contributed by atoms with Gasteiger partial charge in [-0.05, 0) is 25.7 Å². The van der Waals surface area contributed by atoms with Crippen molar-refractivity contribution in [3.63, 3.8) is 0 Å². The van der Waals surface area contributed by atoms with Crippen LogP contribution in [-0.2, 0) is 21.2 Å². The average Bonchev–Trinajstić information content (AvgIpc) is 2.24. The number of rotatable bonds is 5. The molecule has 0 saturated heterocycles. The number of amides is 1. The zero-order valence-electron chi connectivity index (χ0n) is 10.8. The predicted octanol–water partition coefficient (Wildman–Crippen LogP) is 0.268. The SMILES string of the molecule is CN(C)CC(=O)NCc1ccccc1S(C)(=O)=O. The Morgan fingerprint density at radius 2 is 1.89 bits per heavy atom. The molecule has 0 radical (unpaired) electrons. The van der Waals surface area contributed by atoms with Gasteiger partial charge in [-0.3, -0.25) is 4.79 Å². The highest BCUT2D eigenvalue weighted by atomic mass is 32.2. The first-order chi connectivity index (χ1) is 8.30. The largest absolute Gasteiger partial charge is 0.351 e. The summed E-state index contributed by atoms with van der Waals surface area (Å²) in [4.78, 5) is 13.5. The maximum absolute atomic E-state index is 11.6. The Morgan fingerprint density at radius 1 is 1.28 bits per heavy atom. The molecule has 5 nitrogen and oxygen atoms in total. The minimum absolute atomic E-state index is 0.136. The molecule has 0 aliphatic rings. The van der Waals surface area contributed by atoms with Crippen molar-refractivity contribution in [2.45, 2.75) is 11.4 Å². The van der Waals surface area contributed by atoms with E-state index in [1.165, 1.54) is 0 Å². The fourth-order valence-electron chi connectivity index (χ4n) is 1.55. The predicted molar refractivity (Wildman–Crippen MR) is 70.0 cm³/mol. The third-order valence-electron chi connectivity index (χ3n) is 2.31. The van der Waals surface area contributed by atoms with Crippen LogP contribution in [0, 0.1) is 0 Å². The van der Waals surface area contributed by atoms with E-state index in [1.54, 1.807) is 43.3 Å². The van der Waals surface area contributed by atoms with Crippen LogP contribution in [-0.4, -0.2) is 46.1 Å². The third kappa shape index (κ3) is 4.46. The van der Waals surface area contributed by atoms with Gasteiger partial charge in [-0.1, -0.05) is 18.2 Å². The highest BCUT2D eigenvalue weighted by molar-refractivity contribution is 7.90. The minimum Gasteiger partial charge on any atom is -0.351 e. The smallest absolute Gasteiger partial charge is 0.234 e. The summed E-state index contributed by atoms with van der Waals surface area (Å²) in [5, 5.41) is 2.70. The minimum atomic E-state index is -3.27. The summed E-state index contributed by atoms with van der Waals surface area (Å²) >= 11 is 0. The Bertz CT molecular complexity index is 524. The van der Waals surface area contributed by atoms with Crippen LogP contribution in [0.2, 0.25) is 0 Å². The van der Waals surface area contributed by atoms with Crippen molar-refractivity contribution >= 4 is 15.7 Å². The van der Waals surface area contributed by atoms with E-state index in [9.17, 15) is 13.2 Å². The van der Waals surface area contributed by atoms with Gasteiger partial charge in [0.15, 0.2) is 9.84 Å². The van der Waals surface area contributed by atoms with Crippen molar-refractivity contribution in [3.8, 4) is 0 Å². The molecule has 0 saturated carbocycles. The maximum atomic E-state index is 11.6. The molecule has 0 aliphatic heterocycles. The van der Waals surface area contributed by atoms with Crippen molar-refractivity contribution in [2.24, 2.45) is 0 Å². The van der Waals surface area contributed by atoms with E-state index >= 15 is 0 Å². The van der Waals surface area contributed by atoms with Gasteiger partial charge in [-0.15, -0.1) is 0 Å². The first-order valence-electron chi connectivity index (χ1n) is 5.50. The van der Waals surface area contributed by atoms with Gasteiger partial charge in [0.05, 0.1) is 11.4 Å². The Morgan fingerprint density at radius 3 is 2.44 bits per heavy atom. The van der Waals surface area contributed by atoms with Crippen LogP contribution >= 0.6 is 0 Å². The van der Waals surface area contributed by atoms with Gasteiger partial charge in [0.2, 0.25) is 5.91 Å². The first kappa shape index (κ1) is 14.7. The zero-order valence-corrected chi connectivity index (χ0v) is 11.6. The van der Waals surface area contributed by atoms with Gasteiger partial charge in [-0.25, -0.2) is 8.42 Å². The molecule has 0 heterocycles. The number of hydrogen-bond donors (Lipinski definition) is 1. The Labute approximate surface area is 108 Å². The summed E-state index contributed by atoms with van der Waals surface area (Å²) in [5.74, 6) is -0.136. The number of sulfone groups is 1. The van der Waals surface area contributed by atoms with Crippen molar-refractivity contribution in [3.05, 3.63) is 29.8 Å². The second-order valence-corrected chi connectivity index (χ2v) is 6.38. The number of nitrogens with zero attached hydrogens (tertiary/aromatic N) is 1. The second kappa shape index (κ2) is 5.97. The second-order valence-electron chi connectivity index (χ2n) is 4.39. The van der Waals surface area contributed by atoms with E-state index in [0.717, 1.165) is 6.26 Å². The van der Waals surface area contributed by atoms with Crippen molar-refractivity contribution < 1.29 is 13.2 Å². The van der Waals surface area contributed by atoms with Crippen LogP contribution in [0.1, 0.15) is 5.56 Å². The summed E-state index contributed by atoms with van der Waals surface area (Å²) in [5.41, 5.74) is 0.604. The van der Waals surface area contributed by atoms with E-state index in [-0.39, 0.29) is 23.9 Å². The molecule has 1 aromatic rings. The number of carbonyl (C=O) groups is 1. The molecule has 1 N–H and O–H groups in total. The Kier molecular flexibility index (Phi) is 4.86. The van der Waals surface area contributed by atoms with Gasteiger partial charge in [-0.2, -0.15) is 0 Å². The van der Waals surface area contributed by atoms with Crippen LogP contribution in [0.25, 0.3) is 0 Å². The summed E-state index contributed by atoms with van der Waals surface area (Å²) in [7, 11) is 0.325. The molecule has 0 aromatic heterocycles. The monoisotopic (exact) mass is 270 g/mol. The van der Waals surface area contributed by atoms with Crippen molar-refractivity contribution in [2.75, 3.05) is 26.9 Å². The highest BCUT2D eigenvalue weighted by Gasteiger charge is 2.12. The molecule has 0 atom stereocenters. The summed E-state index contributed by atoms with van der Waals surface area (Å²) in [6, 6.07) is 6.67. The highest BCUT2D eigenvalue weighted by Crippen LogP contribution is 2.14. The lowest BCUT2D eigenvalue weighted by atomic mass is 10.2. The van der Waals surface area contributed by atoms with E-state index in [4.69, 9.17) is 0 Å². The zero-order chi connectivity index (χ0) is 13.8. The Balaban J connectivity index is 2.77. The molecule has 0 aliphatic carbocycles. The molecular formula is C12H18N2O3S. The topological polar surface area (TPSA) is 66.5 Å². The van der Waals surface area contributed by atoms with Crippen LogP contribution in [0.5, 0.6) is 0 Å². The molecule has 6 heteroatoms. The molecule has 0 bridgehead atoms. The standard InChI is InChI=1S/C12H18N2O3S/c1-14(2)9-12(15)13-8-10-6-4-5-7-11(10)18(3,16)17/h4-7H,8-9H2,1-3H3,(H,13,15). The maximum Gasteiger partial charge on any atom is 0.234 e. The lowest BCUT2D eigenvalue weighted by Crippen LogP contribution is -2.33. The summed E-state index contributed by atoms with van der Waals surface area (Å²) < 4.78 is 23.1. The average molecular weight is 270 g/mol. The van der Waals surface area contributed by atoms with Crippen LogP contribution in [0.15, 0.2) is 29.2 Å². The van der Waals surface area contributed by atoms with Gasteiger partial charge in [0.1, 0.15) is 0 Å². The number of hydrogen-bond acceptors (Lipinski definition) is 4. The van der Waals surface area contributed by atoms with E-state index in [2.05, 4.69) is 5.32 Å². The van der Waals surface area contributed by atoms with Crippen LogP contribution in [0.3, 0.4) is 0 Å². The van der Waals surface area contributed by atoms with Gasteiger partial charge in [0.25, 0.3) is 0 Å². The molecule has 0 spiro atoms. The van der Waals surface area contributed by atoms with Gasteiger partial charge in [0, 0.05) is 12.8 Å². The fourth-order valence-corrected chi connectivity index (χ4v) is 2.49. The van der Waals surface area contributed by atoms with E-state index in [1.807, 2.05) is 0 Å². The quantitative estimate of drug-likeness (QED) is 0.834. The molecule has 18 heavy (non-hydrogen) atoms. The molecular weight excluding hydrogens is 252 g/mol. The van der Waals surface area contributed by atoms with E-state index in [0.29, 0.717) is 5.56 Å². The van der Waals surface area contributed by atoms with E-state index < -0.39 is 9.84 Å². The van der Waals surface area contributed by atoms with Gasteiger partial charge >= 0.3 is 0 Å². The van der Waals surface area contributed by atoms with Crippen LogP contribution in [0.4, 0.5) is 0 Å². The lowest BCUT2D eigenvalue weighted by Gasteiger charge is -2.12. The number of carbonyl (C=O) groups excluding carboxylic acids is 1. The molecule has 0 unspecified atom stereocenters. The lowest BCUT2D eigenvalue weighted by molar-refractivity contribution is -0.121. The first-order valence-corrected chi connectivity index (χ1v) is 7.39. The molecule has 1 amide bonds. The molecule has 1 rings (SSSR count). The van der Waals surface area contributed by atoms with Crippen molar-refractivity contribution in [1.82, 2.24) is 10.2 Å². The fraction of sp³-hybridized carbons (Fsp3) is 0.417. The number of benzene rings is 1.